The second-order valence-corrected chi connectivity index (χ2v) is 9.07. The summed E-state index contributed by atoms with van der Waals surface area (Å²) in [5.41, 5.74) is 0.522. The van der Waals surface area contributed by atoms with E-state index >= 15 is 0 Å². The second-order valence-electron chi connectivity index (χ2n) is 9.07. The fraction of sp³-hybridized carbons (Fsp3) is 0.815. The molecule has 4 nitrogen and oxygen atoms in total. The van der Waals surface area contributed by atoms with Crippen LogP contribution in [0.25, 0.3) is 0 Å². The molecule has 1 atom stereocenters. The summed E-state index contributed by atoms with van der Waals surface area (Å²) in [6.07, 6.45) is 19.3. The Labute approximate surface area is 195 Å². The molecule has 1 rings (SSSR count). The summed E-state index contributed by atoms with van der Waals surface area (Å²) in [6.45, 7) is 3.46. The molecule has 1 unspecified atom stereocenters. The van der Waals surface area contributed by atoms with Crippen LogP contribution in [0.4, 0.5) is 4.39 Å². The molecule has 0 aliphatic heterocycles. The third-order valence-electron chi connectivity index (χ3n) is 6.13. The van der Waals surface area contributed by atoms with Crippen molar-refractivity contribution in [1.82, 2.24) is 4.57 Å². The Morgan fingerprint density at radius 3 is 2.16 bits per heavy atom. The molecule has 0 saturated heterocycles. The molecule has 0 aromatic carbocycles. The van der Waals surface area contributed by atoms with E-state index in [0.29, 0.717) is 31.7 Å². The number of nitrogens with zero attached hydrogens (tertiary/aromatic N) is 1. The van der Waals surface area contributed by atoms with Crippen LogP contribution in [0.3, 0.4) is 0 Å². The smallest absolute Gasteiger partial charge is 0.354 e. The van der Waals surface area contributed by atoms with Crippen molar-refractivity contribution in [3.8, 4) is 0 Å². The average Bonchev–Trinajstić information content (AvgIpc) is 3.27. The van der Waals surface area contributed by atoms with Gasteiger partial charge in [0.05, 0.1) is 6.61 Å². The number of ether oxygens (including phenoxy) is 1. The van der Waals surface area contributed by atoms with E-state index in [4.69, 9.17) is 9.84 Å². The molecule has 32 heavy (non-hydrogen) atoms. The molecule has 0 bridgehead atoms. The highest BCUT2D eigenvalue weighted by atomic mass is 19.1. The zero-order chi connectivity index (χ0) is 23.3. The fourth-order valence-electron chi connectivity index (χ4n) is 4.05. The Hall–Kier alpha value is -1.36. The first kappa shape index (κ1) is 28.7. The summed E-state index contributed by atoms with van der Waals surface area (Å²) >= 11 is 0. The standard InChI is InChI=1S/C27H48FNO3/c1-2-3-4-5-6-8-11-14-18-25(28)20-22-29-21-17-19-26(29)27(31)32-24-16-13-10-7-9-12-15-23-30/h17,19,21,25,30H,2-16,18,20,22-24H2,1H3. The van der Waals surface area contributed by atoms with Crippen LogP contribution in [0.1, 0.15) is 127 Å². The van der Waals surface area contributed by atoms with Gasteiger partial charge in [0.25, 0.3) is 0 Å². The van der Waals surface area contributed by atoms with Crippen molar-refractivity contribution < 1.29 is 19.0 Å². The minimum Gasteiger partial charge on any atom is -0.461 e. The van der Waals surface area contributed by atoms with E-state index in [1.54, 1.807) is 6.07 Å². The van der Waals surface area contributed by atoms with E-state index in [1.807, 2.05) is 16.8 Å². The second kappa shape index (κ2) is 20.3. The molecule has 0 saturated carbocycles. The summed E-state index contributed by atoms with van der Waals surface area (Å²) in [6, 6.07) is 3.59. The van der Waals surface area contributed by atoms with E-state index in [9.17, 15) is 9.18 Å². The Morgan fingerprint density at radius 1 is 0.906 bits per heavy atom. The van der Waals surface area contributed by atoms with E-state index in [2.05, 4.69) is 6.92 Å². The van der Waals surface area contributed by atoms with Crippen LogP contribution in [0.2, 0.25) is 0 Å². The molecule has 1 aromatic rings. The highest BCUT2D eigenvalue weighted by Gasteiger charge is 2.14. The van der Waals surface area contributed by atoms with Gasteiger partial charge in [0.2, 0.25) is 0 Å². The van der Waals surface area contributed by atoms with Crippen LogP contribution in [0.15, 0.2) is 18.3 Å². The van der Waals surface area contributed by atoms with Crippen LogP contribution in [0, 0.1) is 0 Å². The van der Waals surface area contributed by atoms with Crippen molar-refractivity contribution in [2.75, 3.05) is 13.2 Å². The number of carbonyl (C=O) groups is 1. The highest BCUT2D eigenvalue weighted by molar-refractivity contribution is 5.87. The van der Waals surface area contributed by atoms with Crippen molar-refractivity contribution in [2.24, 2.45) is 0 Å². The Kier molecular flexibility index (Phi) is 18.2. The number of aromatic nitrogens is 1. The number of aryl methyl sites for hydroxylation is 1. The molecule has 0 radical (unpaired) electrons. The van der Waals surface area contributed by atoms with E-state index in [1.165, 1.54) is 44.9 Å². The predicted octanol–water partition coefficient (Wildman–Crippen LogP) is 7.63. The van der Waals surface area contributed by atoms with Gasteiger partial charge in [0.1, 0.15) is 11.9 Å². The van der Waals surface area contributed by atoms with Gasteiger partial charge in [-0.2, -0.15) is 0 Å². The molecule has 0 fully saturated rings. The molecule has 1 heterocycles. The van der Waals surface area contributed by atoms with E-state index in [-0.39, 0.29) is 12.6 Å². The maximum absolute atomic E-state index is 14.3. The van der Waals surface area contributed by atoms with Gasteiger partial charge in [0, 0.05) is 19.3 Å². The summed E-state index contributed by atoms with van der Waals surface area (Å²) < 4.78 is 21.5. The molecular weight excluding hydrogens is 405 g/mol. The summed E-state index contributed by atoms with van der Waals surface area (Å²) in [4.78, 5) is 12.4. The Balaban J connectivity index is 2.10. The predicted molar refractivity (Wildman–Crippen MR) is 131 cm³/mol. The van der Waals surface area contributed by atoms with Gasteiger partial charge in [-0.05, 0) is 37.8 Å². The number of aliphatic hydroxyl groups excluding tert-OH is 1. The average molecular weight is 454 g/mol. The largest absolute Gasteiger partial charge is 0.461 e. The van der Waals surface area contributed by atoms with Crippen LogP contribution < -0.4 is 0 Å². The van der Waals surface area contributed by atoms with E-state index < -0.39 is 6.17 Å². The number of esters is 1. The summed E-state index contributed by atoms with van der Waals surface area (Å²) in [7, 11) is 0. The van der Waals surface area contributed by atoms with Gasteiger partial charge in [-0.15, -0.1) is 0 Å². The molecular formula is C27H48FNO3. The first-order chi connectivity index (χ1) is 15.7. The lowest BCUT2D eigenvalue weighted by Crippen LogP contribution is -2.14. The van der Waals surface area contributed by atoms with Crippen molar-refractivity contribution in [2.45, 2.75) is 129 Å². The maximum atomic E-state index is 14.3. The number of hydrogen-bond acceptors (Lipinski definition) is 3. The summed E-state index contributed by atoms with van der Waals surface area (Å²) in [5.74, 6) is -0.309. The minimum atomic E-state index is -0.807. The van der Waals surface area contributed by atoms with Gasteiger partial charge in [-0.25, -0.2) is 9.18 Å². The SMILES string of the molecule is CCCCCCCCCCC(F)CCn1cccc1C(=O)OCCCCCCCCCO. The lowest BCUT2D eigenvalue weighted by Gasteiger charge is -2.12. The molecule has 0 aliphatic carbocycles. The minimum absolute atomic E-state index is 0.281. The molecule has 5 heteroatoms. The van der Waals surface area contributed by atoms with Crippen LogP contribution >= 0.6 is 0 Å². The van der Waals surface area contributed by atoms with Gasteiger partial charge in [0.15, 0.2) is 0 Å². The Bertz CT molecular complexity index is 561. The van der Waals surface area contributed by atoms with Crippen molar-refractivity contribution in [3.63, 3.8) is 0 Å². The maximum Gasteiger partial charge on any atom is 0.354 e. The number of alkyl halides is 1. The number of halogens is 1. The molecule has 1 aromatic heterocycles. The quantitative estimate of drug-likeness (QED) is 0.145. The number of rotatable bonds is 22. The zero-order valence-electron chi connectivity index (χ0n) is 20.5. The van der Waals surface area contributed by atoms with Crippen LogP contribution in [0.5, 0.6) is 0 Å². The van der Waals surface area contributed by atoms with Gasteiger partial charge < -0.3 is 14.4 Å². The third kappa shape index (κ3) is 14.7. The number of aliphatic hydroxyl groups is 1. The number of hydrogen-bond donors (Lipinski definition) is 1. The first-order valence-corrected chi connectivity index (χ1v) is 13.3. The topological polar surface area (TPSA) is 51.5 Å². The summed E-state index contributed by atoms with van der Waals surface area (Å²) in [5, 5.41) is 8.76. The van der Waals surface area contributed by atoms with Crippen molar-refractivity contribution in [3.05, 3.63) is 24.0 Å². The Morgan fingerprint density at radius 2 is 1.50 bits per heavy atom. The van der Waals surface area contributed by atoms with Gasteiger partial charge in [-0.3, -0.25) is 0 Å². The monoisotopic (exact) mass is 453 g/mol. The van der Waals surface area contributed by atoms with E-state index in [0.717, 1.165) is 51.4 Å². The van der Waals surface area contributed by atoms with Gasteiger partial charge >= 0.3 is 5.97 Å². The third-order valence-corrected chi connectivity index (χ3v) is 6.13. The lowest BCUT2D eigenvalue weighted by molar-refractivity contribution is 0.0484. The van der Waals surface area contributed by atoms with Crippen molar-refractivity contribution >= 4 is 5.97 Å². The number of carbonyl (C=O) groups excluding carboxylic acids is 1. The van der Waals surface area contributed by atoms with Crippen molar-refractivity contribution in [1.29, 1.82) is 0 Å². The molecule has 1 N–H and O–H groups in total. The van der Waals surface area contributed by atoms with Gasteiger partial charge in [-0.1, -0.05) is 90.4 Å². The fourth-order valence-corrected chi connectivity index (χ4v) is 4.05. The lowest BCUT2D eigenvalue weighted by atomic mass is 10.1. The number of unbranched alkanes of at least 4 members (excludes halogenated alkanes) is 13. The first-order valence-electron chi connectivity index (χ1n) is 13.3. The molecule has 186 valence electrons. The highest BCUT2D eigenvalue weighted by Crippen LogP contribution is 2.15. The zero-order valence-corrected chi connectivity index (χ0v) is 20.5. The normalized spacial score (nSPS) is 12.2. The van der Waals surface area contributed by atoms with Crippen LogP contribution in [-0.2, 0) is 11.3 Å². The molecule has 0 aliphatic rings. The molecule has 0 spiro atoms. The van der Waals surface area contributed by atoms with Crippen LogP contribution in [-0.4, -0.2) is 35.0 Å². The molecule has 0 amide bonds.